The maximum atomic E-state index is 12.2. The van der Waals surface area contributed by atoms with Crippen LogP contribution in [-0.4, -0.2) is 16.8 Å². The van der Waals surface area contributed by atoms with Crippen molar-refractivity contribution in [3.63, 3.8) is 0 Å². The quantitative estimate of drug-likeness (QED) is 0.852. The van der Waals surface area contributed by atoms with Crippen LogP contribution in [0.2, 0.25) is 5.15 Å². The van der Waals surface area contributed by atoms with Crippen LogP contribution in [0.1, 0.15) is 37.6 Å². The van der Waals surface area contributed by atoms with E-state index in [1.165, 1.54) is 17.5 Å². The SMILES string of the molecule is NC(=O)c1c(NC(=O)c2ccc(Cl)nc2)sc2c1CCC2. The van der Waals surface area contributed by atoms with Gasteiger partial charge in [0.1, 0.15) is 10.2 Å². The monoisotopic (exact) mass is 321 g/mol. The van der Waals surface area contributed by atoms with E-state index in [0.717, 1.165) is 29.7 Å². The fraction of sp³-hybridized carbons (Fsp3) is 0.214. The highest BCUT2D eigenvalue weighted by atomic mass is 35.5. The molecule has 0 radical (unpaired) electrons. The Morgan fingerprint density at radius 1 is 1.33 bits per heavy atom. The van der Waals surface area contributed by atoms with Crippen molar-refractivity contribution in [3.05, 3.63) is 45.1 Å². The average Bonchev–Trinajstić information content (AvgIpc) is 2.98. The minimum Gasteiger partial charge on any atom is -0.365 e. The molecule has 0 unspecified atom stereocenters. The molecule has 1 aliphatic rings. The largest absolute Gasteiger partial charge is 0.365 e. The molecule has 2 amide bonds. The maximum Gasteiger partial charge on any atom is 0.257 e. The lowest BCUT2D eigenvalue weighted by molar-refractivity contribution is 0.100. The Bertz CT molecular complexity index is 725. The minimum absolute atomic E-state index is 0.319. The minimum atomic E-state index is -0.501. The zero-order valence-corrected chi connectivity index (χ0v) is 12.6. The fourth-order valence-corrected chi connectivity index (χ4v) is 3.84. The van der Waals surface area contributed by atoms with Crippen LogP contribution in [0, 0.1) is 0 Å². The molecule has 5 nitrogen and oxygen atoms in total. The summed E-state index contributed by atoms with van der Waals surface area (Å²) in [5.41, 5.74) is 7.26. The Morgan fingerprint density at radius 3 is 2.81 bits per heavy atom. The number of rotatable bonds is 3. The van der Waals surface area contributed by atoms with Crippen molar-refractivity contribution in [2.75, 3.05) is 5.32 Å². The normalized spacial score (nSPS) is 13.0. The number of aromatic nitrogens is 1. The first-order chi connectivity index (χ1) is 10.1. The summed E-state index contributed by atoms with van der Waals surface area (Å²) in [6.45, 7) is 0. The fourth-order valence-electron chi connectivity index (χ4n) is 2.44. The molecule has 0 aliphatic heterocycles. The Hall–Kier alpha value is -1.92. The van der Waals surface area contributed by atoms with Gasteiger partial charge in [-0.3, -0.25) is 9.59 Å². The van der Waals surface area contributed by atoms with E-state index < -0.39 is 5.91 Å². The molecule has 2 heterocycles. The van der Waals surface area contributed by atoms with E-state index >= 15 is 0 Å². The molecule has 3 rings (SSSR count). The molecule has 2 aromatic heterocycles. The summed E-state index contributed by atoms with van der Waals surface area (Å²) >= 11 is 7.12. The van der Waals surface area contributed by atoms with Crippen LogP contribution in [0.15, 0.2) is 18.3 Å². The standard InChI is InChI=1S/C14H12ClN3O2S/c15-10-5-4-7(6-17-10)13(20)18-14-11(12(16)19)8-2-1-3-9(8)21-14/h4-6H,1-3H2,(H2,16,19)(H,18,20). The zero-order valence-electron chi connectivity index (χ0n) is 11.0. The van der Waals surface area contributed by atoms with Gasteiger partial charge in [-0.15, -0.1) is 11.3 Å². The van der Waals surface area contributed by atoms with E-state index in [0.29, 0.717) is 21.3 Å². The van der Waals surface area contributed by atoms with E-state index in [1.54, 1.807) is 12.1 Å². The Morgan fingerprint density at radius 2 is 2.14 bits per heavy atom. The lowest BCUT2D eigenvalue weighted by Gasteiger charge is -2.05. The van der Waals surface area contributed by atoms with Crippen LogP contribution in [0.5, 0.6) is 0 Å². The lowest BCUT2D eigenvalue weighted by Crippen LogP contribution is -2.17. The number of aryl methyl sites for hydroxylation is 1. The number of pyridine rings is 1. The summed E-state index contributed by atoms with van der Waals surface area (Å²) in [6.07, 6.45) is 4.18. The Kier molecular flexibility index (Phi) is 3.65. The van der Waals surface area contributed by atoms with E-state index in [1.807, 2.05) is 0 Å². The molecule has 3 N–H and O–H groups in total. The third-order valence-corrected chi connectivity index (χ3v) is 4.82. The smallest absolute Gasteiger partial charge is 0.257 e. The third-order valence-electron chi connectivity index (χ3n) is 3.38. The van der Waals surface area contributed by atoms with Crippen molar-refractivity contribution in [2.45, 2.75) is 19.3 Å². The number of hydrogen-bond acceptors (Lipinski definition) is 4. The predicted octanol–water partition coefficient (Wildman–Crippen LogP) is 2.64. The van der Waals surface area contributed by atoms with Gasteiger partial charge in [0.05, 0.1) is 11.1 Å². The van der Waals surface area contributed by atoms with E-state index in [-0.39, 0.29) is 5.91 Å². The summed E-state index contributed by atoms with van der Waals surface area (Å²) in [5, 5.41) is 3.59. The predicted molar refractivity (Wildman–Crippen MR) is 82.1 cm³/mol. The van der Waals surface area contributed by atoms with Crippen LogP contribution in [-0.2, 0) is 12.8 Å². The van der Waals surface area contributed by atoms with Crippen LogP contribution < -0.4 is 11.1 Å². The van der Waals surface area contributed by atoms with Crippen molar-refractivity contribution in [3.8, 4) is 0 Å². The van der Waals surface area contributed by atoms with E-state index in [9.17, 15) is 9.59 Å². The number of anilines is 1. The van der Waals surface area contributed by atoms with Crippen LogP contribution in [0.25, 0.3) is 0 Å². The van der Waals surface area contributed by atoms with Crippen LogP contribution in [0.4, 0.5) is 5.00 Å². The number of carbonyl (C=O) groups is 2. The highest BCUT2D eigenvalue weighted by molar-refractivity contribution is 7.17. The topological polar surface area (TPSA) is 85.1 Å². The van der Waals surface area contributed by atoms with Gasteiger partial charge in [-0.25, -0.2) is 4.98 Å². The first-order valence-corrected chi connectivity index (χ1v) is 7.63. The van der Waals surface area contributed by atoms with Gasteiger partial charge in [-0.1, -0.05) is 11.6 Å². The molecule has 0 atom stereocenters. The molecule has 2 aromatic rings. The van der Waals surface area contributed by atoms with E-state index in [4.69, 9.17) is 17.3 Å². The number of hydrogen-bond donors (Lipinski definition) is 2. The summed E-state index contributed by atoms with van der Waals surface area (Å²) in [5.74, 6) is -0.833. The summed E-state index contributed by atoms with van der Waals surface area (Å²) in [6, 6.07) is 3.12. The molecule has 7 heteroatoms. The van der Waals surface area contributed by atoms with Crippen molar-refractivity contribution < 1.29 is 9.59 Å². The van der Waals surface area contributed by atoms with Crippen molar-refractivity contribution in [1.29, 1.82) is 0 Å². The van der Waals surface area contributed by atoms with Crippen LogP contribution in [0.3, 0.4) is 0 Å². The second-order valence-corrected chi connectivity index (χ2v) is 6.24. The maximum absolute atomic E-state index is 12.2. The number of fused-ring (bicyclic) bond motifs is 1. The molecule has 0 aromatic carbocycles. The number of carbonyl (C=O) groups excluding carboxylic acids is 2. The number of halogens is 1. The zero-order chi connectivity index (χ0) is 15.0. The number of nitrogens with zero attached hydrogens (tertiary/aromatic N) is 1. The first-order valence-electron chi connectivity index (χ1n) is 6.43. The van der Waals surface area contributed by atoms with Crippen molar-refractivity contribution in [2.24, 2.45) is 5.73 Å². The van der Waals surface area contributed by atoms with Gasteiger partial charge < -0.3 is 11.1 Å². The Labute approximate surface area is 130 Å². The number of primary amides is 1. The number of thiophene rings is 1. The first kappa shape index (κ1) is 14.0. The number of nitrogens with two attached hydrogens (primary N) is 1. The highest BCUT2D eigenvalue weighted by Gasteiger charge is 2.26. The van der Waals surface area contributed by atoms with Crippen molar-refractivity contribution in [1.82, 2.24) is 4.98 Å². The number of nitrogens with one attached hydrogen (secondary N) is 1. The van der Waals surface area contributed by atoms with Gasteiger partial charge in [-0.2, -0.15) is 0 Å². The molecular formula is C14H12ClN3O2S. The molecule has 0 bridgehead atoms. The van der Waals surface area contributed by atoms with Gasteiger partial charge in [-0.05, 0) is 37.0 Å². The summed E-state index contributed by atoms with van der Waals surface area (Å²) < 4.78 is 0. The summed E-state index contributed by atoms with van der Waals surface area (Å²) in [7, 11) is 0. The second kappa shape index (κ2) is 5.46. The molecule has 0 spiro atoms. The molecular weight excluding hydrogens is 310 g/mol. The number of amides is 2. The van der Waals surface area contributed by atoms with Crippen LogP contribution >= 0.6 is 22.9 Å². The molecule has 0 fully saturated rings. The lowest BCUT2D eigenvalue weighted by atomic mass is 10.1. The molecule has 1 aliphatic carbocycles. The highest BCUT2D eigenvalue weighted by Crippen LogP contribution is 2.38. The summed E-state index contributed by atoms with van der Waals surface area (Å²) in [4.78, 5) is 28.8. The van der Waals surface area contributed by atoms with Gasteiger partial charge in [0.15, 0.2) is 0 Å². The molecule has 0 saturated heterocycles. The average molecular weight is 322 g/mol. The van der Waals surface area contributed by atoms with Gasteiger partial charge in [0.2, 0.25) is 0 Å². The second-order valence-electron chi connectivity index (χ2n) is 4.75. The Balaban J connectivity index is 1.90. The van der Waals surface area contributed by atoms with E-state index in [2.05, 4.69) is 10.3 Å². The van der Waals surface area contributed by atoms with Crippen molar-refractivity contribution >= 4 is 39.8 Å². The van der Waals surface area contributed by atoms with Gasteiger partial charge in [0.25, 0.3) is 11.8 Å². The van der Waals surface area contributed by atoms with Gasteiger partial charge in [0, 0.05) is 11.1 Å². The van der Waals surface area contributed by atoms with Gasteiger partial charge >= 0.3 is 0 Å². The molecule has 0 saturated carbocycles. The molecule has 108 valence electrons. The molecule has 21 heavy (non-hydrogen) atoms. The third kappa shape index (κ3) is 2.64.